The molecule has 0 amide bonds. The Hall–Kier alpha value is -4.32. The topological polar surface area (TPSA) is 85.8 Å². The molecular weight excluding hydrogens is 520 g/mol. The lowest BCUT2D eigenvalue weighted by atomic mass is 9.78. The van der Waals surface area contributed by atoms with Crippen LogP contribution in [-0.4, -0.2) is 22.2 Å². The summed E-state index contributed by atoms with van der Waals surface area (Å²) in [5, 5.41) is 29.3. The van der Waals surface area contributed by atoms with E-state index < -0.39 is 0 Å². The van der Waals surface area contributed by atoms with Gasteiger partial charge in [-0.1, -0.05) is 61.4 Å². The van der Waals surface area contributed by atoms with Gasteiger partial charge >= 0.3 is 0 Å². The number of hydrogen-bond acceptors (Lipinski definition) is 6. The molecule has 5 aliphatic rings. The average molecular weight is 555 g/mol. The van der Waals surface area contributed by atoms with Gasteiger partial charge in [-0.15, -0.1) is 0 Å². The summed E-state index contributed by atoms with van der Waals surface area (Å²) in [5.74, 6) is -0.0186. The van der Waals surface area contributed by atoms with Crippen LogP contribution in [0.3, 0.4) is 0 Å². The molecule has 9 rings (SSSR count). The fourth-order valence-electron chi connectivity index (χ4n) is 8.31. The van der Waals surface area contributed by atoms with Gasteiger partial charge in [0, 0.05) is 27.2 Å². The van der Waals surface area contributed by atoms with Crippen molar-refractivity contribution < 1.29 is 9.90 Å². The van der Waals surface area contributed by atoms with E-state index in [0.717, 1.165) is 106 Å². The number of benzene rings is 4. The van der Waals surface area contributed by atoms with Crippen molar-refractivity contribution in [3.8, 4) is 0 Å². The molecule has 6 nitrogen and oxygen atoms in total. The second-order valence-electron chi connectivity index (χ2n) is 12.9. The molecule has 2 aliphatic heterocycles. The zero-order valence-corrected chi connectivity index (χ0v) is 23.6. The molecule has 4 aromatic rings. The molecule has 6 heteroatoms. The minimum atomic E-state index is -0.352. The lowest BCUT2D eigenvalue weighted by molar-refractivity contribution is -0.109. The summed E-state index contributed by atoms with van der Waals surface area (Å²) in [7, 11) is 0. The summed E-state index contributed by atoms with van der Waals surface area (Å²) in [6.45, 7) is 0. The summed E-state index contributed by atoms with van der Waals surface area (Å²) in [5.41, 5.74) is 4.00. The molecule has 4 aromatic carbocycles. The lowest BCUT2D eigenvalue weighted by Gasteiger charge is -2.45. The first-order valence-corrected chi connectivity index (χ1v) is 15.6. The average Bonchev–Trinajstić information content (AvgIpc) is 3.00. The first-order chi connectivity index (χ1) is 20.5. The number of rotatable bonds is 1. The molecule has 2 saturated carbocycles. The van der Waals surface area contributed by atoms with Crippen molar-refractivity contribution in [3.63, 3.8) is 0 Å². The van der Waals surface area contributed by atoms with Gasteiger partial charge in [-0.3, -0.25) is 9.79 Å². The van der Waals surface area contributed by atoms with Gasteiger partial charge in [0.2, 0.25) is 5.78 Å². The molecule has 0 atom stereocenters. The summed E-state index contributed by atoms with van der Waals surface area (Å²) < 4.78 is 0. The minimum absolute atomic E-state index is 0.0844. The predicted octanol–water partition coefficient (Wildman–Crippen LogP) is 6.90. The van der Waals surface area contributed by atoms with Crippen molar-refractivity contribution in [1.29, 1.82) is 0 Å². The number of ketones is 1. The van der Waals surface area contributed by atoms with Gasteiger partial charge in [0.1, 0.15) is 17.1 Å². The Bertz CT molecular complexity index is 2010. The number of anilines is 3. The van der Waals surface area contributed by atoms with E-state index in [2.05, 4.69) is 58.4 Å². The van der Waals surface area contributed by atoms with E-state index in [4.69, 9.17) is 4.99 Å². The van der Waals surface area contributed by atoms with Gasteiger partial charge in [-0.2, -0.15) is 0 Å². The Morgan fingerprint density at radius 1 is 0.667 bits per heavy atom. The van der Waals surface area contributed by atoms with Crippen LogP contribution in [0.5, 0.6) is 0 Å². The highest BCUT2D eigenvalue weighted by Gasteiger charge is 2.42. The minimum Gasteiger partial charge on any atom is -0.506 e. The first-order valence-electron chi connectivity index (χ1n) is 15.6. The van der Waals surface area contributed by atoms with Crippen LogP contribution < -0.4 is 26.5 Å². The third-order valence-corrected chi connectivity index (χ3v) is 10.4. The SMILES string of the molecule is O=C1C(c2ccc3cccc4c3c2NC2(CCCCC2)N4)=C(O)/C1=c1/ccc2cccc3c2c1NC1(CCCCC1)N=3. The quantitative estimate of drug-likeness (QED) is 0.206. The normalized spacial score (nSPS) is 22.8. The number of allylic oxidation sites excluding steroid dienone is 2. The van der Waals surface area contributed by atoms with Crippen LogP contribution in [0.4, 0.5) is 17.1 Å². The molecule has 4 N–H and O–H groups in total. The number of Topliss-reactive ketones (excluding diaryl/α,β-unsaturated/α-hetero) is 1. The van der Waals surface area contributed by atoms with E-state index in [1.54, 1.807) is 0 Å². The lowest BCUT2D eigenvalue weighted by Crippen LogP contribution is -2.49. The Morgan fingerprint density at radius 3 is 2.17 bits per heavy atom. The van der Waals surface area contributed by atoms with Crippen molar-refractivity contribution in [2.24, 2.45) is 4.99 Å². The predicted molar refractivity (Wildman–Crippen MR) is 169 cm³/mol. The van der Waals surface area contributed by atoms with Gasteiger partial charge in [-0.25, -0.2) is 0 Å². The van der Waals surface area contributed by atoms with Crippen LogP contribution in [0, 0.1) is 0 Å². The number of carbonyl (C=O) groups excluding carboxylic acids is 1. The molecule has 2 heterocycles. The molecule has 0 bridgehead atoms. The summed E-state index contributed by atoms with van der Waals surface area (Å²) in [6.07, 6.45) is 11.0. The third kappa shape index (κ3) is 3.32. The highest BCUT2D eigenvalue weighted by Crippen LogP contribution is 2.49. The van der Waals surface area contributed by atoms with Gasteiger partial charge in [0.15, 0.2) is 0 Å². The maximum Gasteiger partial charge on any atom is 0.201 e. The van der Waals surface area contributed by atoms with Crippen LogP contribution in [-0.2, 0) is 4.79 Å². The van der Waals surface area contributed by atoms with Crippen molar-refractivity contribution in [2.75, 3.05) is 16.0 Å². The van der Waals surface area contributed by atoms with E-state index in [1.165, 1.54) is 12.8 Å². The molecule has 0 radical (unpaired) electrons. The van der Waals surface area contributed by atoms with Crippen molar-refractivity contribution >= 4 is 55.5 Å². The first kappa shape index (κ1) is 24.3. The van der Waals surface area contributed by atoms with Gasteiger partial charge in [0.05, 0.1) is 27.9 Å². The second kappa shape index (κ2) is 8.60. The molecule has 210 valence electrons. The number of hydrogen-bond donors (Lipinski definition) is 4. The monoisotopic (exact) mass is 554 g/mol. The van der Waals surface area contributed by atoms with E-state index in [9.17, 15) is 9.90 Å². The molecule has 3 aliphatic carbocycles. The van der Waals surface area contributed by atoms with E-state index in [-0.39, 0.29) is 22.9 Å². The third-order valence-electron chi connectivity index (χ3n) is 10.4. The molecule has 0 aromatic heterocycles. The highest BCUT2D eigenvalue weighted by molar-refractivity contribution is 6.52. The van der Waals surface area contributed by atoms with Crippen molar-refractivity contribution in [2.45, 2.75) is 75.5 Å². The van der Waals surface area contributed by atoms with Crippen molar-refractivity contribution in [1.82, 2.24) is 0 Å². The van der Waals surface area contributed by atoms with E-state index >= 15 is 0 Å². The number of nitrogens with zero attached hydrogens (tertiary/aromatic N) is 1. The molecule has 2 spiro atoms. The zero-order chi connectivity index (χ0) is 28.1. The Balaban J connectivity index is 1.25. The Labute approximate surface area is 244 Å². The highest BCUT2D eigenvalue weighted by atomic mass is 16.3. The standard InChI is InChI=1S/C36H34N4O2/c41-33-29(23-15-13-21-9-7-11-25-27(21)31(23)39-35(37-25)17-3-1-4-18-35)34(42)30(33)24-16-14-22-10-8-12-26-28(22)32(24)40-36(38-26)19-5-2-6-20-36/h7-16,37,39-41H,1-6,17-20H2/b30-24+. The van der Waals surface area contributed by atoms with Crippen molar-refractivity contribution in [3.05, 3.63) is 82.6 Å². The number of aliphatic hydroxyl groups excluding tert-OH is 1. The number of nitrogens with one attached hydrogen (secondary N) is 3. The Morgan fingerprint density at radius 2 is 1.38 bits per heavy atom. The molecule has 2 fully saturated rings. The van der Waals surface area contributed by atoms with E-state index in [1.807, 2.05) is 18.2 Å². The zero-order valence-electron chi connectivity index (χ0n) is 23.6. The molecule has 42 heavy (non-hydrogen) atoms. The molecule has 0 saturated heterocycles. The second-order valence-corrected chi connectivity index (χ2v) is 12.9. The van der Waals surface area contributed by atoms with Crippen LogP contribution >= 0.6 is 0 Å². The molecular formula is C36H34N4O2. The number of carbonyl (C=O) groups is 1. The van der Waals surface area contributed by atoms with Gasteiger partial charge < -0.3 is 21.1 Å². The van der Waals surface area contributed by atoms with Crippen LogP contribution in [0.1, 0.15) is 69.8 Å². The Kier molecular flexibility index (Phi) is 4.98. The fourth-order valence-corrected chi connectivity index (χ4v) is 8.31. The van der Waals surface area contributed by atoms with Gasteiger partial charge in [-0.05, 0) is 74.3 Å². The summed E-state index contributed by atoms with van der Waals surface area (Å²) >= 11 is 0. The molecule has 0 unspecified atom stereocenters. The van der Waals surface area contributed by atoms with Crippen LogP contribution in [0.15, 0.2) is 71.4 Å². The maximum atomic E-state index is 14.2. The summed E-state index contributed by atoms with van der Waals surface area (Å²) in [6, 6.07) is 20.7. The van der Waals surface area contributed by atoms with E-state index in [0.29, 0.717) is 11.1 Å². The maximum absolute atomic E-state index is 14.2. The smallest absolute Gasteiger partial charge is 0.201 e. The summed E-state index contributed by atoms with van der Waals surface area (Å²) in [4.78, 5) is 19.4. The van der Waals surface area contributed by atoms with Crippen LogP contribution in [0.2, 0.25) is 0 Å². The van der Waals surface area contributed by atoms with Gasteiger partial charge in [0.25, 0.3) is 0 Å². The fraction of sp³-hybridized carbons (Fsp3) is 0.333. The van der Waals surface area contributed by atoms with Crippen LogP contribution in [0.25, 0.3) is 32.7 Å². The number of aliphatic hydroxyl groups is 1. The largest absolute Gasteiger partial charge is 0.506 e.